The van der Waals surface area contributed by atoms with Gasteiger partial charge in [0.2, 0.25) is 5.28 Å². The number of fused-ring (bicyclic) bond motifs is 1. The van der Waals surface area contributed by atoms with Crippen LogP contribution in [0, 0.1) is 0 Å². The molecule has 154 valence electrons. The van der Waals surface area contributed by atoms with Crippen LogP contribution in [0.15, 0.2) is 0 Å². The predicted octanol–water partition coefficient (Wildman–Crippen LogP) is 5.24. The zero-order valence-electron chi connectivity index (χ0n) is 16.7. The first-order chi connectivity index (χ1) is 13.5. The number of aryl methyl sites for hydroxylation is 1. The van der Waals surface area contributed by atoms with Gasteiger partial charge in [-0.15, -0.1) is 0 Å². The number of nitrogens with one attached hydrogen (secondary N) is 1. The molecule has 0 atom stereocenters. The summed E-state index contributed by atoms with van der Waals surface area (Å²) in [5.41, 5.74) is -0.0964. The molecule has 0 aromatic carbocycles. The zero-order valence-corrected chi connectivity index (χ0v) is 18.3. The lowest BCUT2D eigenvalue weighted by Gasteiger charge is -2.42. The average molecular weight is 426 g/mol. The van der Waals surface area contributed by atoms with Crippen LogP contribution in [0.2, 0.25) is 5.28 Å². The molecule has 2 fully saturated rings. The fourth-order valence-corrected chi connectivity index (χ4v) is 5.61. The first-order valence-corrected chi connectivity index (χ1v) is 11.7. The molecule has 2 aliphatic rings. The smallest absolute Gasteiger partial charge is 0.225 e. The van der Waals surface area contributed by atoms with Crippen molar-refractivity contribution in [3.05, 3.63) is 10.3 Å². The van der Waals surface area contributed by atoms with E-state index in [0.717, 1.165) is 66.4 Å². The highest BCUT2D eigenvalue weighted by Gasteiger charge is 2.36. The van der Waals surface area contributed by atoms with E-state index in [0.29, 0.717) is 31.3 Å². The summed E-state index contributed by atoms with van der Waals surface area (Å²) in [7, 11) is 0. The van der Waals surface area contributed by atoms with E-state index in [9.17, 15) is 4.39 Å². The van der Waals surface area contributed by atoms with Gasteiger partial charge in [-0.2, -0.15) is 4.98 Å². The summed E-state index contributed by atoms with van der Waals surface area (Å²) in [6.07, 6.45) is 7.35. The lowest BCUT2D eigenvalue weighted by molar-refractivity contribution is 0.0263. The van der Waals surface area contributed by atoms with Crippen molar-refractivity contribution in [2.24, 2.45) is 0 Å². The van der Waals surface area contributed by atoms with Crippen molar-refractivity contribution >= 4 is 39.1 Å². The summed E-state index contributed by atoms with van der Waals surface area (Å²) >= 11 is 7.72. The lowest BCUT2D eigenvalue weighted by atomic mass is 9.86. The van der Waals surface area contributed by atoms with Crippen LogP contribution in [0.25, 0.3) is 10.3 Å². The third-order valence-electron chi connectivity index (χ3n) is 6.46. The molecule has 0 radical (unpaired) electrons. The Morgan fingerprint density at radius 1 is 1.14 bits per heavy atom. The van der Waals surface area contributed by atoms with Gasteiger partial charge in [0.25, 0.3) is 0 Å². The first-order valence-electron chi connectivity index (χ1n) is 10.5. The van der Waals surface area contributed by atoms with E-state index < -0.39 is 5.67 Å². The molecule has 0 unspecified atom stereocenters. The highest BCUT2D eigenvalue weighted by atomic mass is 35.5. The molecule has 5 nitrogen and oxygen atoms in total. The second kappa shape index (κ2) is 8.36. The largest absolute Gasteiger partial charge is 0.365 e. The van der Waals surface area contributed by atoms with Crippen LogP contribution in [0.5, 0.6) is 0 Å². The van der Waals surface area contributed by atoms with Gasteiger partial charge < -0.3 is 10.2 Å². The van der Waals surface area contributed by atoms with Gasteiger partial charge in [0, 0.05) is 25.2 Å². The summed E-state index contributed by atoms with van der Waals surface area (Å²) in [5, 5.41) is 4.91. The molecule has 1 aliphatic heterocycles. The number of alkyl halides is 1. The van der Waals surface area contributed by atoms with Crippen molar-refractivity contribution in [2.75, 3.05) is 18.4 Å². The van der Waals surface area contributed by atoms with Gasteiger partial charge in [0.15, 0.2) is 10.6 Å². The number of piperidine rings is 1. The van der Waals surface area contributed by atoms with E-state index in [4.69, 9.17) is 11.6 Å². The number of thiazole rings is 1. The molecule has 8 heteroatoms. The summed E-state index contributed by atoms with van der Waals surface area (Å²) in [6, 6.07) is 0.956. The third kappa shape index (κ3) is 4.26. The number of anilines is 1. The topological polar surface area (TPSA) is 53.9 Å². The maximum atomic E-state index is 14.5. The Balaban J connectivity index is 1.36. The van der Waals surface area contributed by atoms with Gasteiger partial charge in [0.1, 0.15) is 11.2 Å². The van der Waals surface area contributed by atoms with Crippen molar-refractivity contribution in [3.63, 3.8) is 0 Å². The molecule has 1 aliphatic carbocycles. The second-order valence-electron chi connectivity index (χ2n) is 8.15. The van der Waals surface area contributed by atoms with E-state index in [2.05, 4.69) is 32.1 Å². The number of nitrogens with zero attached hydrogens (tertiary/aromatic N) is 4. The molecule has 0 bridgehead atoms. The van der Waals surface area contributed by atoms with E-state index in [1.54, 1.807) is 11.3 Å². The summed E-state index contributed by atoms with van der Waals surface area (Å²) in [4.78, 5) is 16.8. The Hall–Kier alpha value is -1.05. The van der Waals surface area contributed by atoms with Gasteiger partial charge in [-0.25, -0.2) is 14.4 Å². The van der Waals surface area contributed by atoms with E-state index in [1.807, 2.05) is 6.92 Å². The molecule has 2 aromatic heterocycles. The number of rotatable bonds is 5. The van der Waals surface area contributed by atoms with Crippen LogP contribution in [-0.4, -0.2) is 50.7 Å². The Labute approximate surface area is 175 Å². The fraction of sp³-hybridized carbons (Fsp3) is 0.750. The van der Waals surface area contributed by atoms with Gasteiger partial charge in [0.05, 0.1) is 5.01 Å². The highest BCUT2D eigenvalue weighted by Crippen LogP contribution is 2.34. The van der Waals surface area contributed by atoms with Crippen molar-refractivity contribution < 1.29 is 4.39 Å². The van der Waals surface area contributed by atoms with E-state index in [-0.39, 0.29) is 5.28 Å². The van der Waals surface area contributed by atoms with Crippen molar-refractivity contribution in [3.8, 4) is 0 Å². The predicted molar refractivity (Wildman–Crippen MR) is 114 cm³/mol. The second-order valence-corrected chi connectivity index (χ2v) is 9.55. The minimum atomic E-state index is -0.933. The summed E-state index contributed by atoms with van der Waals surface area (Å²) < 4.78 is 14.5. The first kappa shape index (κ1) is 20.2. The minimum absolute atomic E-state index is 0.272. The minimum Gasteiger partial charge on any atom is -0.365 e. The molecule has 1 N–H and O–H groups in total. The normalized spacial score (nSPS) is 25.9. The van der Waals surface area contributed by atoms with Crippen LogP contribution in [0.3, 0.4) is 0 Å². The van der Waals surface area contributed by atoms with Crippen LogP contribution >= 0.6 is 22.9 Å². The molecular weight excluding hydrogens is 397 g/mol. The third-order valence-corrected chi connectivity index (χ3v) is 7.72. The van der Waals surface area contributed by atoms with Crippen molar-refractivity contribution in [1.29, 1.82) is 0 Å². The Morgan fingerprint density at radius 2 is 1.86 bits per heavy atom. The zero-order chi connectivity index (χ0) is 19.7. The van der Waals surface area contributed by atoms with Gasteiger partial charge in [-0.3, -0.25) is 0 Å². The van der Waals surface area contributed by atoms with E-state index in [1.165, 1.54) is 0 Å². The standard InChI is InChI=1S/C20H29ClFN5S/c1-3-15-24-16-17(25-19(21)26-18(16)28-15)23-13-5-7-14(8-6-13)27-11-9-20(22,4-2)10-12-27/h13-14H,3-12H2,1-2H3,(H,23,25,26). The van der Waals surface area contributed by atoms with Gasteiger partial charge in [-0.1, -0.05) is 25.2 Å². The molecule has 4 rings (SSSR count). The maximum Gasteiger partial charge on any atom is 0.225 e. The van der Waals surface area contributed by atoms with Crippen LogP contribution in [0.1, 0.15) is 63.8 Å². The van der Waals surface area contributed by atoms with Crippen LogP contribution < -0.4 is 5.32 Å². The SMILES string of the molecule is CCc1nc2c(NC3CCC(N4CCC(F)(CC)CC4)CC3)nc(Cl)nc2s1. The number of likely N-dealkylation sites (tertiary alicyclic amines) is 1. The number of hydrogen-bond donors (Lipinski definition) is 1. The lowest BCUT2D eigenvalue weighted by Crippen LogP contribution is -2.48. The van der Waals surface area contributed by atoms with Crippen LogP contribution in [-0.2, 0) is 6.42 Å². The maximum absolute atomic E-state index is 14.5. The monoisotopic (exact) mass is 425 g/mol. The molecular formula is C20H29ClFN5S. The molecule has 0 amide bonds. The summed E-state index contributed by atoms with van der Waals surface area (Å²) in [5.74, 6) is 0.762. The molecule has 28 heavy (non-hydrogen) atoms. The quantitative estimate of drug-likeness (QED) is 0.664. The number of aromatic nitrogens is 3. The summed E-state index contributed by atoms with van der Waals surface area (Å²) in [6.45, 7) is 5.85. The van der Waals surface area contributed by atoms with Gasteiger partial charge >= 0.3 is 0 Å². The van der Waals surface area contributed by atoms with Crippen LogP contribution in [0.4, 0.5) is 10.2 Å². The average Bonchev–Trinajstić information content (AvgIpc) is 3.13. The number of hydrogen-bond acceptors (Lipinski definition) is 6. The Morgan fingerprint density at radius 3 is 2.50 bits per heavy atom. The molecule has 1 saturated carbocycles. The number of halogens is 2. The van der Waals surface area contributed by atoms with E-state index >= 15 is 0 Å². The van der Waals surface area contributed by atoms with Gasteiger partial charge in [-0.05, 0) is 63.0 Å². The van der Waals surface area contributed by atoms with Crippen molar-refractivity contribution in [2.45, 2.75) is 83.0 Å². The Kier molecular flexibility index (Phi) is 6.04. The molecule has 3 heterocycles. The molecule has 0 spiro atoms. The molecule has 2 aromatic rings. The fourth-order valence-electron chi connectivity index (χ4n) is 4.51. The highest BCUT2D eigenvalue weighted by molar-refractivity contribution is 7.18. The van der Waals surface area contributed by atoms with Crippen molar-refractivity contribution in [1.82, 2.24) is 19.9 Å². The Bertz CT molecular complexity index is 812. The molecule has 1 saturated heterocycles.